The molecule has 5 aromatic rings. The highest BCUT2D eigenvalue weighted by molar-refractivity contribution is 8.38. The van der Waals surface area contributed by atoms with Gasteiger partial charge in [0.2, 0.25) is 0 Å². The van der Waals surface area contributed by atoms with Crippen LogP contribution in [0.2, 0.25) is 0 Å². The second-order valence-corrected chi connectivity index (χ2v) is 26.7. The van der Waals surface area contributed by atoms with Gasteiger partial charge in [0, 0.05) is 29.4 Å². The van der Waals surface area contributed by atoms with Crippen molar-refractivity contribution >= 4 is 63.1 Å². The summed E-state index contributed by atoms with van der Waals surface area (Å²) in [4.78, 5) is 0. The fourth-order valence-electron chi connectivity index (χ4n) is 8.53. The molecule has 0 aliphatic rings. The lowest BCUT2D eigenvalue weighted by molar-refractivity contribution is -0.396. The van der Waals surface area contributed by atoms with Gasteiger partial charge in [0.25, 0.3) is 0 Å². The van der Waals surface area contributed by atoms with E-state index >= 15 is 22.0 Å². The molecular weight excluding hydrogens is 1030 g/mol. The number of rotatable bonds is 14. The fourth-order valence-corrected chi connectivity index (χ4v) is 15.5. The third-order valence-corrected chi connectivity index (χ3v) is 22.4. The molecule has 0 nitrogen and oxygen atoms in total. The van der Waals surface area contributed by atoms with Gasteiger partial charge in [0.1, 0.15) is 5.82 Å². The maximum Gasteiger partial charge on any atom is 0.460 e. The highest BCUT2D eigenvalue weighted by atomic mass is 32.3. The van der Waals surface area contributed by atoms with E-state index < -0.39 is 119 Å². The summed E-state index contributed by atoms with van der Waals surface area (Å²) in [5.74, 6) is -36.6. The van der Waals surface area contributed by atoms with Gasteiger partial charge in [0.15, 0.2) is 0 Å². The topological polar surface area (TPSA) is 0 Å². The van der Waals surface area contributed by atoms with E-state index in [-0.39, 0.29) is 43.4 Å². The number of fused-ring (bicyclic) bond motifs is 4. The Morgan fingerprint density at radius 3 is 1.03 bits per heavy atom. The van der Waals surface area contributed by atoms with Gasteiger partial charge in [-0.3, -0.25) is 0 Å². The first kappa shape index (κ1) is 57.5. The van der Waals surface area contributed by atoms with E-state index in [1.807, 2.05) is 0 Å². The largest absolute Gasteiger partial charge is 0.460 e. The summed E-state index contributed by atoms with van der Waals surface area (Å²) in [7, 11) is -6.11. The summed E-state index contributed by atoms with van der Waals surface area (Å²) in [5, 5.41) is 4.85. The Morgan fingerprint density at radius 1 is 0.394 bits per heavy atom. The van der Waals surface area contributed by atoms with Crippen LogP contribution in [0.3, 0.4) is 0 Å². The van der Waals surface area contributed by atoms with E-state index in [9.17, 15) is 61.5 Å². The molecule has 21 heteroatoms. The zero-order valence-corrected chi connectivity index (χ0v) is 40.6. The van der Waals surface area contributed by atoms with Gasteiger partial charge >= 0.3 is 47.9 Å². The van der Waals surface area contributed by atoms with E-state index in [0.717, 1.165) is 6.07 Å². The molecule has 0 aliphatic carbocycles. The molecule has 0 aromatic heterocycles. The summed E-state index contributed by atoms with van der Waals surface area (Å²) in [5.41, 5.74) is 0.143. The molecule has 0 unspecified atom stereocenters. The zero-order chi connectivity index (χ0) is 54.1. The van der Waals surface area contributed by atoms with Crippen LogP contribution in [-0.2, 0) is 0 Å². The quantitative estimate of drug-likeness (QED) is 0.0591. The van der Waals surface area contributed by atoms with E-state index in [4.69, 9.17) is 0 Å². The Morgan fingerprint density at radius 2 is 0.704 bits per heavy atom. The SMILES string of the molecule is CC(C)S(C#Cc1c2cc3ccccc3cc2c(C#CS(CCC(F)(F)C(F)(F)C(F)(F)C(F)(F)F)(C(C)C)C(C)C)c2cc3c(F)cccc3cc12)(CCC(F)(F)C(F)(F)C(F)(F)C(F)(F)F)C(C)C. The maximum absolute atomic E-state index is 15.7. The Kier molecular flexibility index (Phi) is 15.5. The number of hydrogen-bond donors (Lipinski definition) is 0. The van der Waals surface area contributed by atoms with Crippen molar-refractivity contribution in [2.75, 3.05) is 11.5 Å². The number of hydrogen-bond acceptors (Lipinski definition) is 0. The Labute approximate surface area is 400 Å². The molecule has 0 saturated carbocycles. The molecule has 0 radical (unpaired) electrons. The minimum absolute atomic E-state index is 0.0101. The van der Waals surface area contributed by atoms with Crippen molar-refractivity contribution in [2.24, 2.45) is 0 Å². The summed E-state index contributed by atoms with van der Waals surface area (Å²) < 4.78 is 269. The van der Waals surface area contributed by atoms with Gasteiger partial charge in [-0.05, 0) is 111 Å². The first-order valence-corrected chi connectivity index (χ1v) is 25.6. The van der Waals surface area contributed by atoms with Gasteiger partial charge in [-0.25, -0.2) is 4.39 Å². The third-order valence-electron chi connectivity index (χ3n) is 13.0. The lowest BCUT2D eigenvalue weighted by Gasteiger charge is -2.44. The zero-order valence-electron chi connectivity index (χ0n) is 39.0. The van der Waals surface area contributed by atoms with Crippen LogP contribution >= 0.6 is 20.1 Å². The van der Waals surface area contributed by atoms with Crippen molar-refractivity contribution in [2.45, 2.75) is 137 Å². The van der Waals surface area contributed by atoms with E-state index in [1.54, 1.807) is 36.4 Å². The summed E-state index contributed by atoms with van der Waals surface area (Å²) in [6, 6.07) is 16.7. The second kappa shape index (κ2) is 19.2. The van der Waals surface area contributed by atoms with Crippen molar-refractivity contribution in [1.29, 1.82) is 0 Å². The molecule has 0 atom stereocenters. The monoisotopic (exact) mass is 1070 g/mol. The van der Waals surface area contributed by atoms with Crippen molar-refractivity contribution in [3.05, 3.63) is 83.7 Å². The van der Waals surface area contributed by atoms with Crippen molar-refractivity contribution in [3.63, 3.8) is 0 Å². The standard InChI is InChI=1S/C50H47F19S2/c1-28(2)70(29(3)4,22-18-43(52,53)45(56,57)47(60,61)49(64,65)66)20-16-35-38-24-32-12-9-10-13-33(32)25-39(38)36(41-27-37-34(26-40(35)41)14-11-15-42(37)51)17-21-71(30(5)6,31(7)8)23-19-44(54,55)46(58,59)48(62,63)50(67,68)69/h9-15,24-31H,18-19,22-23H2,1-8H3. The normalized spacial score (nSPS) is 14.8. The molecule has 0 bridgehead atoms. The molecule has 0 saturated heterocycles. The average Bonchev–Trinajstić information content (AvgIpc) is 3.24. The van der Waals surface area contributed by atoms with E-state index in [0.29, 0.717) is 10.8 Å². The summed E-state index contributed by atoms with van der Waals surface area (Å²) in [6.45, 7) is 11.9. The lowest BCUT2D eigenvalue weighted by Crippen LogP contribution is -2.61. The maximum atomic E-state index is 15.7. The Bertz CT molecular complexity index is 2910. The number of halogens is 19. The molecule has 71 heavy (non-hydrogen) atoms. The molecule has 5 rings (SSSR count). The van der Waals surface area contributed by atoms with Gasteiger partial charge < -0.3 is 0 Å². The average molecular weight is 1070 g/mol. The number of benzene rings is 5. The molecule has 0 heterocycles. The minimum atomic E-state index is -7.12. The molecule has 5 aromatic carbocycles. The highest BCUT2D eigenvalue weighted by Crippen LogP contribution is 2.62. The molecule has 0 aliphatic heterocycles. The third kappa shape index (κ3) is 9.80. The van der Waals surface area contributed by atoms with Gasteiger partial charge in [-0.1, -0.05) is 104 Å². The molecule has 0 N–H and O–H groups in total. The van der Waals surface area contributed by atoms with Crippen molar-refractivity contribution < 1.29 is 83.4 Å². The first-order valence-electron chi connectivity index (χ1n) is 21.7. The van der Waals surface area contributed by atoms with E-state index in [2.05, 4.69) is 22.3 Å². The van der Waals surface area contributed by atoms with Gasteiger partial charge in [-0.2, -0.15) is 99.1 Å². The predicted octanol–water partition coefficient (Wildman–Crippen LogP) is 18.0. The second-order valence-electron chi connectivity index (χ2n) is 18.3. The summed E-state index contributed by atoms with van der Waals surface area (Å²) in [6.07, 6.45) is -18.4. The van der Waals surface area contributed by atoms with Crippen LogP contribution in [0.5, 0.6) is 0 Å². The van der Waals surface area contributed by atoms with Crippen molar-refractivity contribution in [1.82, 2.24) is 0 Å². The molecule has 392 valence electrons. The fraction of sp³-hybridized carbons (Fsp3) is 0.480. The van der Waals surface area contributed by atoms with Crippen LogP contribution in [0.25, 0.3) is 43.1 Å². The smallest absolute Gasteiger partial charge is 0.206 e. The van der Waals surface area contributed by atoms with Crippen LogP contribution in [0.4, 0.5) is 83.4 Å². The molecule has 0 amide bonds. The Balaban J connectivity index is 1.87. The van der Waals surface area contributed by atoms with Gasteiger partial charge in [0.05, 0.1) is 0 Å². The van der Waals surface area contributed by atoms with Crippen LogP contribution in [-0.4, -0.2) is 80.4 Å². The molecule has 0 fully saturated rings. The predicted molar refractivity (Wildman–Crippen MR) is 247 cm³/mol. The molecule has 0 spiro atoms. The van der Waals surface area contributed by atoms with Crippen molar-refractivity contribution in [3.8, 4) is 22.3 Å². The van der Waals surface area contributed by atoms with Gasteiger partial charge in [-0.15, -0.1) is 0 Å². The van der Waals surface area contributed by atoms with E-state index in [1.165, 1.54) is 79.7 Å². The molecular formula is C50H47F19S2. The van der Waals surface area contributed by atoms with Crippen LogP contribution in [0.1, 0.15) is 79.4 Å². The lowest BCUT2D eigenvalue weighted by atomic mass is 9.89. The van der Waals surface area contributed by atoms with Crippen LogP contribution in [0, 0.1) is 28.2 Å². The highest BCUT2D eigenvalue weighted by Gasteiger charge is 2.82. The van der Waals surface area contributed by atoms with Crippen LogP contribution < -0.4 is 0 Å². The van der Waals surface area contributed by atoms with Crippen LogP contribution in [0.15, 0.2) is 66.7 Å². The number of alkyl halides is 18. The Hall–Kier alpha value is -4.37. The summed E-state index contributed by atoms with van der Waals surface area (Å²) >= 11 is 0. The minimum Gasteiger partial charge on any atom is -0.206 e. The first-order chi connectivity index (χ1) is 32.2.